The Morgan fingerprint density at radius 2 is 2.00 bits per heavy atom. The van der Waals surface area contributed by atoms with Crippen LogP contribution in [0.5, 0.6) is 5.75 Å². The van der Waals surface area contributed by atoms with Gasteiger partial charge in [-0.15, -0.1) is 0 Å². The summed E-state index contributed by atoms with van der Waals surface area (Å²) in [4.78, 5) is 25.0. The molecule has 1 unspecified atom stereocenters. The van der Waals surface area contributed by atoms with Gasteiger partial charge in [0.15, 0.2) is 0 Å². The van der Waals surface area contributed by atoms with Gasteiger partial charge in [0, 0.05) is 18.2 Å². The summed E-state index contributed by atoms with van der Waals surface area (Å²) >= 11 is 0. The number of carbonyl (C=O) groups is 2. The second-order valence-corrected chi connectivity index (χ2v) is 5.58. The zero-order valence-corrected chi connectivity index (χ0v) is 12.4. The summed E-state index contributed by atoms with van der Waals surface area (Å²) < 4.78 is 5.55. The molecule has 1 aliphatic rings. The van der Waals surface area contributed by atoms with Gasteiger partial charge in [-0.3, -0.25) is 9.59 Å². The van der Waals surface area contributed by atoms with Gasteiger partial charge in [-0.2, -0.15) is 0 Å². The van der Waals surface area contributed by atoms with E-state index in [2.05, 4.69) is 0 Å². The normalized spacial score (nSPS) is 18.0. The summed E-state index contributed by atoms with van der Waals surface area (Å²) in [7, 11) is 0. The van der Waals surface area contributed by atoms with E-state index in [1.165, 1.54) is 0 Å². The average Bonchev–Trinajstić information content (AvgIpc) is 2.85. The topological polar surface area (TPSA) is 66.8 Å². The molecule has 1 aliphatic heterocycles. The van der Waals surface area contributed by atoms with Crippen LogP contribution < -0.4 is 4.74 Å². The molecule has 1 N–H and O–H groups in total. The minimum absolute atomic E-state index is 0.0142. The number of benzene rings is 1. The van der Waals surface area contributed by atoms with E-state index in [1.54, 1.807) is 29.2 Å². The standard InChI is InChI=1S/C16H21NO4/c1-11(2)21-14-7-5-12(6-8-14)16(20)17-9-3-4-13(17)10-15(18)19/h5-8,11,13H,3-4,9-10H2,1-2H3,(H,18,19). The van der Waals surface area contributed by atoms with E-state index in [1.807, 2.05) is 13.8 Å². The van der Waals surface area contributed by atoms with Gasteiger partial charge in [0.2, 0.25) is 0 Å². The highest BCUT2D eigenvalue weighted by Gasteiger charge is 2.30. The summed E-state index contributed by atoms with van der Waals surface area (Å²) in [6.07, 6.45) is 1.72. The highest BCUT2D eigenvalue weighted by atomic mass is 16.5. The predicted octanol–water partition coefficient (Wildman–Crippen LogP) is 2.55. The summed E-state index contributed by atoms with van der Waals surface area (Å²) in [6, 6.07) is 6.82. The van der Waals surface area contributed by atoms with Crippen molar-refractivity contribution in [3.63, 3.8) is 0 Å². The molecule has 1 aromatic rings. The lowest BCUT2D eigenvalue weighted by Crippen LogP contribution is -2.36. The third kappa shape index (κ3) is 3.97. The Hall–Kier alpha value is -2.04. The van der Waals surface area contributed by atoms with Crippen molar-refractivity contribution in [2.75, 3.05) is 6.54 Å². The molecule has 1 saturated heterocycles. The average molecular weight is 291 g/mol. The predicted molar refractivity (Wildman–Crippen MR) is 78.5 cm³/mol. The minimum Gasteiger partial charge on any atom is -0.491 e. The first-order chi connectivity index (χ1) is 9.97. The van der Waals surface area contributed by atoms with Gasteiger partial charge in [0.1, 0.15) is 5.75 Å². The van der Waals surface area contributed by atoms with Crippen LogP contribution in [0.25, 0.3) is 0 Å². The fraction of sp³-hybridized carbons (Fsp3) is 0.500. The van der Waals surface area contributed by atoms with Crippen LogP contribution >= 0.6 is 0 Å². The molecule has 1 heterocycles. The fourth-order valence-electron chi connectivity index (χ4n) is 2.63. The van der Waals surface area contributed by atoms with Gasteiger partial charge >= 0.3 is 5.97 Å². The first kappa shape index (κ1) is 15.4. The molecule has 0 aromatic heterocycles. The summed E-state index contributed by atoms with van der Waals surface area (Å²) in [5.74, 6) is -0.236. The molecular weight excluding hydrogens is 270 g/mol. The lowest BCUT2D eigenvalue weighted by atomic mass is 10.1. The van der Waals surface area contributed by atoms with Crippen LogP contribution in [0.15, 0.2) is 24.3 Å². The Labute approximate surface area is 124 Å². The molecule has 0 radical (unpaired) electrons. The van der Waals surface area contributed by atoms with Crippen molar-refractivity contribution in [1.29, 1.82) is 0 Å². The van der Waals surface area contributed by atoms with Crippen molar-refractivity contribution in [3.05, 3.63) is 29.8 Å². The Balaban J connectivity index is 2.06. The van der Waals surface area contributed by atoms with E-state index in [4.69, 9.17) is 9.84 Å². The maximum Gasteiger partial charge on any atom is 0.305 e. The summed E-state index contributed by atoms with van der Waals surface area (Å²) in [6.45, 7) is 4.51. The lowest BCUT2D eigenvalue weighted by Gasteiger charge is -2.23. The fourth-order valence-corrected chi connectivity index (χ4v) is 2.63. The van der Waals surface area contributed by atoms with E-state index in [0.717, 1.165) is 18.6 Å². The number of aliphatic carboxylic acids is 1. The molecule has 1 atom stereocenters. The van der Waals surface area contributed by atoms with Crippen molar-refractivity contribution in [2.24, 2.45) is 0 Å². The van der Waals surface area contributed by atoms with Gasteiger partial charge in [0.25, 0.3) is 5.91 Å². The molecule has 5 heteroatoms. The molecule has 0 spiro atoms. The van der Waals surface area contributed by atoms with Gasteiger partial charge in [-0.25, -0.2) is 0 Å². The largest absolute Gasteiger partial charge is 0.491 e. The van der Waals surface area contributed by atoms with Crippen LogP contribution in [0.3, 0.4) is 0 Å². The number of hydrogen-bond donors (Lipinski definition) is 1. The molecule has 1 fully saturated rings. The first-order valence-corrected chi connectivity index (χ1v) is 7.27. The number of likely N-dealkylation sites (tertiary alicyclic amines) is 1. The molecule has 0 bridgehead atoms. The molecule has 0 aliphatic carbocycles. The second-order valence-electron chi connectivity index (χ2n) is 5.58. The number of rotatable bonds is 5. The lowest BCUT2D eigenvalue weighted by molar-refractivity contribution is -0.137. The zero-order chi connectivity index (χ0) is 15.4. The van der Waals surface area contributed by atoms with Crippen LogP contribution in [0.4, 0.5) is 0 Å². The van der Waals surface area contributed by atoms with Gasteiger partial charge in [-0.05, 0) is 51.0 Å². The number of amides is 1. The zero-order valence-electron chi connectivity index (χ0n) is 12.4. The first-order valence-electron chi connectivity index (χ1n) is 7.27. The molecule has 5 nitrogen and oxygen atoms in total. The molecule has 1 aromatic carbocycles. The molecule has 114 valence electrons. The third-order valence-corrected chi connectivity index (χ3v) is 3.52. The molecular formula is C16H21NO4. The Kier molecular flexibility index (Phi) is 4.83. The molecule has 1 amide bonds. The van der Waals surface area contributed by atoms with Crippen LogP contribution in [-0.4, -0.2) is 40.6 Å². The Bertz CT molecular complexity index is 510. The quantitative estimate of drug-likeness (QED) is 0.905. The number of carboxylic acids is 1. The van der Waals surface area contributed by atoms with E-state index >= 15 is 0 Å². The number of ether oxygens (including phenoxy) is 1. The summed E-state index contributed by atoms with van der Waals surface area (Å²) in [5.41, 5.74) is 0.573. The maximum absolute atomic E-state index is 12.5. The number of carbonyl (C=O) groups excluding carboxylic acids is 1. The Morgan fingerprint density at radius 3 is 2.57 bits per heavy atom. The molecule has 0 saturated carbocycles. The molecule has 21 heavy (non-hydrogen) atoms. The van der Waals surface area contributed by atoms with E-state index in [0.29, 0.717) is 12.1 Å². The van der Waals surface area contributed by atoms with Crippen molar-refractivity contribution in [2.45, 2.75) is 45.3 Å². The van der Waals surface area contributed by atoms with E-state index < -0.39 is 5.97 Å². The van der Waals surface area contributed by atoms with Crippen LogP contribution in [-0.2, 0) is 4.79 Å². The van der Waals surface area contributed by atoms with Gasteiger partial charge in [-0.1, -0.05) is 0 Å². The highest BCUT2D eigenvalue weighted by Crippen LogP contribution is 2.23. The van der Waals surface area contributed by atoms with Crippen molar-refractivity contribution < 1.29 is 19.4 Å². The van der Waals surface area contributed by atoms with Crippen molar-refractivity contribution >= 4 is 11.9 Å². The maximum atomic E-state index is 12.5. The van der Waals surface area contributed by atoms with Gasteiger partial charge < -0.3 is 14.7 Å². The highest BCUT2D eigenvalue weighted by molar-refractivity contribution is 5.95. The summed E-state index contributed by atoms with van der Waals surface area (Å²) in [5, 5.41) is 8.91. The SMILES string of the molecule is CC(C)Oc1ccc(C(=O)N2CCCC2CC(=O)O)cc1. The number of nitrogens with zero attached hydrogens (tertiary/aromatic N) is 1. The van der Waals surface area contributed by atoms with E-state index in [-0.39, 0.29) is 24.5 Å². The second kappa shape index (κ2) is 6.61. The van der Waals surface area contributed by atoms with Crippen LogP contribution in [0.1, 0.15) is 43.5 Å². The minimum atomic E-state index is -0.861. The van der Waals surface area contributed by atoms with Crippen LogP contribution in [0.2, 0.25) is 0 Å². The smallest absolute Gasteiger partial charge is 0.305 e. The van der Waals surface area contributed by atoms with Gasteiger partial charge in [0.05, 0.1) is 12.5 Å². The third-order valence-electron chi connectivity index (χ3n) is 3.52. The van der Waals surface area contributed by atoms with Crippen molar-refractivity contribution in [1.82, 2.24) is 4.90 Å². The van der Waals surface area contributed by atoms with Crippen molar-refractivity contribution in [3.8, 4) is 5.75 Å². The molecule has 2 rings (SSSR count). The number of carboxylic acid groups (broad SMARTS) is 1. The Morgan fingerprint density at radius 1 is 1.33 bits per heavy atom. The van der Waals surface area contributed by atoms with E-state index in [9.17, 15) is 9.59 Å². The number of hydrogen-bond acceptors (Lipinski definition) is 3. The van der Waals surface area contributed by atoms with Crippen LogP contribution in [0, 0.1) is 0 Å². The monoisotopic (exact) mass is 291 g/mol.